The zero-order valence-electron chi connectivity index (χ0n) is 9.85. The number of carbonyl (C=O) groups is 1. The van der Waals surface area contributed by atoms with Gasteiger partial charge in [-0.2, -0.15) is 0 Å². The summed E-state index contributed by atoms with van der Waals surface area (Å²) in [6.45, 7) is 4.54. The molecule has 16 heavy (non-hydrogen) atoms. The molecule has 1 aromatic carbocycles. The Morgan fingerprint density at radius 3 is 2.69 bits per heavy atom. The molecule has 0 fully saturated rings. The minimum Gasteiger partial charge on any atom is -0.294 e. The van der Waals surface area contributed by atoms with Crippen LogP contribution in [0, 0.1) is 5.41 Å². The highest BCUT2D eigenvalue weighted by molar-refractivity contribution is 6.19. The summed E-state index contributed by atoms with van der Waals surface area (Å²) in [4.78, 5) is 11.7. The Balaban J connectivity index is 2.26. The highest BCUT2D eigenvalue weighted by Gasteiger charge is 2.28. The standard InChI is InChI=1S/C14H17ClO/c1-14(2)8-11-4-3-10(7-12(11)9-14)13(16)5-6-15/h3-4,7H,5-6,8-9H2,1-2H3. The Labute approximate surface area is 102 Å². The average molecular weight is 237 g/mol. The molecule has 0 bridgehead atoms. The fourth-order valence-corrected chi connectivity index (χ4v) is 2.63. The lowest BCUT2D eigenvalue weighted by Crippen LogP contribution is -2.09. The van der Waals surface area contributed by atoms with Crippen LogP contribution in [-0.2, 0) is 12.8 Å². The first-order chi connectivity index (χ1) is 7.52. The molecule has 0 unspecified atom stereocenters. The number of carbonyl (C=O) groups excluding carboxylic acids is 1. The number of benzene rings is 1. The van der Waals surface area contributed by atoms with E-state index in [9.17, 15) is 4.79 Å². The molecule has 0 saturated heterocycles. The SMILES string of the molecule is CC1(C)Cc2ccc(C(=O)CCCl)cc2C1. The molecule has 0 spiro atoms. The van der Waals surface area contributed by atoms with E-state index in [1.54, 1.807) is 0 Å². The number of alkyl halides is 1. The van der Waals surface area contributed by atoms with Gasteiger partial charge in [-0.25, -0.2) is 0 Å². The van der Waals surface area contributed by atoms with Gasteiger partial charge < -0.3 is 0 Å². The maximum Gasteiger partial charge on any atom is 0.164 e. The van der Waals surface area contributed by atoms with Crippen molar-refractivity contribution in [2.24, 2.45) is 5.41 Å². The number of Topliss-reactive ketones (excluding diaryl/α,β-unsaturated/α-hetero) is 1. The summed E-state index contributed by atoms with van der Waals surface area (Å²) in [6.07, 6.45) is 2.63. The summed E-state index contributed by atoms with van der Waals surface area (Å²) in [6, 6.07) is 6.10. The maximum absolute atomic E-state index is 11.7. The molecule has 86 valence electrons. The van der Waals surface area contributed by atoms with Crippen LogP contribution in [-0.4, -0.2) is 11.7 Å². The van der Waals surface area contributed by atoms with Crippen LogP contribution in [0.5, 0.6) is 0 Å². The van der Waals surface area contributed by atoms with Crippen LogP contribution in [0.1, 0.15) is 41.8 Å². The van der Waals surface area contributed by atoms with Crippen LogP contribution >= 0.6 is 11.6 Å². The highest BCUT2D eigenvalue weighted by Crippen LogP contribution is 2.36. The summed E-state index contributed by atoms with van der Waals surface area (Å²) in [5.41, 5.74) is 3.89. The largest absolute Gasteiger partial charge is 0.294 e. The van der Waals surface area contributed by atoms with E-state index in [1.165, 1.54) is 11.1 Å². The zero-order chi connectivity index (χ0) is 11.8. The Morgan fingerprint density at radius 1 is 1.31 bits per heavy atom. The first kappa shape index (κ1) is 11.7. The Kier molecular flexibility index (Phi) is 3.07. The molecular weight excluding hydrogens is 220 g/mol. The van der Waals surface area contributed by atoms with E-state index < -0.39 is 0 Å². The van der Waals surface area contributed by atoms with Crippen molar-refractivity contribution in [1.82, 2.24) is 0 Å². The molecule has 1 aliphatic rings. The first-order valence-corrected chi connectivity index (χ1v) is 6.26. The molecule has 0 radical (unpaired) electrons. The van der Waals surface area contributed by atoms with Gasteiger partial charge in [0.05, 0.1) is 0 Å². The van der Waals surface area contributed by atoms with Crippen LogP contribution < -0.4 is 0 Å². The average Bonchev–Trinajstić information content (AvgIpc) is 2.50. The topological polar surface area (TPSA) is 17.1 Å². The minimum atomic E-state index is 0.155. The molecule has 2 heteroatoms. The quantitative estimate of drug-likeness (QED) is 0.579. The smallest absolute Gasteiger partial charge is 0.164 e. The van der Waals surface area contributed by atoms with Crippen LogP contribution in [0.15, 0.2) is 18.2 Å². The van der Waals surface area contributed by atoms with Crippen molar-refractivity contribution in [3.8, 4) is 0 Å². The van der Waals surface area contributed by atoms with E-state index in [4.69, 9.17) is 11.6 Å². The molecule has 0 amide bonds. The lowest BCUT2D eigenvalue weighted by atomic mass is 9.90. The van der Waals surface area contributed by atoms with Gasteiger partial charge in [0.15, 0.2) is 5.78 Å². The third kappa shape index (κ3) is 2.30. The van der Waals surface area contributed by atoms with Gasteiger partial charge >= 0.3 is 0 Å². The third-order valence-electron chi connectivity index (χ3n) is 3.19. The van der Waals surface area contributed by atoms with Crippen molar-refractivity contribution in [2.45, 2.75) is 33.1 Å². The van der Waals surface area contributed by atoms with Crippen LogP contribution in [0.2, 0.25) is 0 Å². The van der Waals surface area contributed by atoms with Crippen LogP contribution in [0.25, 0.3) is 0 Å². The molecular formula is C14H17ClO. The molecule has 0 aromatic heterocycles. The van der Waals surface area contributed by atoms with Crippen LogP contribution in [0.4, 0.5) is 0 Å². The molecule has 1 aliphatic carbocycles. The third-order valence-corrected chi connectivity index (χ3v) is 3.38. The Morgan fingerprint density at radius 2 is 2.00 bits per heavy atom. The molecule has 0 N–H and O–H groups in total. The molecule has 0 saturated carbocycles. The van der Waals surface area contributed by atoms with Crippen molar-refractivity contribution < 1.29 is 4.79 Å². The lowest BCUT2D eigenvalue weighted by Gasteiger charge is -2.14. The second-order valence-corrected chi connectivity index (χ2v) is 5.74. The number of rotatable bonds is 3. The van der Waals surface area contributed by atoms with Gasteiger partial charge in [0.25, 0.3) is 0 Å². The number of halogens is 1. The molecule has 1 nitrogen and oxygen atoms in total. The summed E-state index contributed by atoms with van der Waals surface area (Å²) < 4.78 is 0. The fraction of sp³-hybridized carbons (Fsp3) is 0.500. The summed E-state index contributed by atoms with van der Waals surface area (Å²) in [5.74, 6) is 0.559. The van der Waals surface area contributed by atoms with E-state index in [0.717, 1.165) is 18.4 Å². The van der Waals surface area contributed by atoms with Gasteiger partial charge in [-0.15, -0.1) is 11.6 Å². The number of fused-ring (bicyclic) bond motifs is 1. The predicted molar refractivity (Wildman–Crippen MR) is 67.3 cm³/mol. The normalized spacial score (nSPS) is 17.2. The van der Waals surface area contributed by atoms with Gasteiger partial charge in [-0.3, -0.25) is 4.79 Å². The maximum atomic E-state index is 11.7. The van der Waals surface area contributed by atoms with E-state index in [1.807, 2.05) is 6.07 Å². The predicted octanol–water partition coefficient (Wildman–Crippen LogP) is 3.62. The number of hydrogen-bond donors (Lipinski definition) is 0. The van der Waals surface area contributed by atoms with Gasteiger partial charge in [0.1, 0.15) is 0 Å². The summed E-state index contributed by atoms with van der Waals surface area (Å²) in [5, 5.41) is 0. The second kappa shape index (κ2) is 4.21. The van der Waals surface area contributed by atoms with E-state index in [2.05, 4.69) is 26.0 Å². The molecule has 1 aromatic rings. The van der Waals surface area contributed by atoms with E-state index in [-0.39, 0.29) is 5.78 Å². The van der Waals surface area contributed by atoms with Crippen molar-refractivity contribution in [3.05, 3.63) is 34.9 Å². The summed E-state index contributed by atoms with van der Waals surface area (Å²) in [7, 11) is 0. The van der Waals surface area contributed by atoms with Crippen molar-refractivity contribution in [3.63, 3.8) is 0 Å². The minimum absolute atomic E-state index is 0.155. The second-order valence-electron chi connectivity index (χ2n) is 5.36. The monoisotopic (exact) mass is 236 g/mol. The molecule has 2 rings (SSSR count). The molecule has 0 aliphatic heterocycles. The van der Waals surface area contributed by atoms with Gasteiger partial charge in [-0.05, 0) is 35.4 Å². The number of ketones is 1. The summed E-state index contributed by atoms with van der Waals surface area (Å²) >= 11 is 5.59. The molecule has 0 atom stereocenters. The van der Waals surface area contributed by atoms with Gasteiger partial charge in [0.2, 0.25) is 0 Å². The van der Waals surface area contributed by atoms with Gasteiger partial charge in [-0.1, -0.05) is 26.0 Å². The Bertz CT molecular complexity index is 421. The highest BCUT2D eigenvalue weighted by atomic mass is 35.5. The zero-order valence-corrected chi connectivity index (χ0v) is 10.6. The van der Waals surface area contributed by atoms with Crippen molar-refractivity contribution >= 4 is 17.4 Å². The number of hydrogen-bond acceptors (Lipinski definition) is 1. The van der Waals surface area contributed by atoms with Gasteiger partial charge in [0, 0.05) is 17.9 Å². The fourth-order valence-electron chi connectivity index (χ4n) is 2.46. The van der Waals surface area contributed by atoms with E-state index >= 15 is 0 Å². The van der Waals surface area contributed by atoms with Crippen LogP contribution in [0.3, 0.4) is 0 Å². The lowest BCUT2D eigenvalue weighted by molar-refractivity contribution is 0.0989. The Hall–Kier alpha value is -0.820. The van der Waals surface area contributed by atoms with Crippen molar-refractivity contribution in [1.29, 1.82) is 0 Å². The van der Waals surface area contributed by atoms with E-state index in [0.29, 0.717) is 17.7 Å². The van der Waals surface area contributed by atoms with Crippen molar-refractivity contribution in [2.75, 3.05) is 5.88 Å². The first-order valence-electron chi connectivity index (χ1n) is 5.73. The molecule has 0 heterocycles.